The number of hydrogen-bond donors (Lipinski definition) is 0. The first-order valence-corrected chi connectivity index (χ1v) is 11.9. The highest BCUT2D eigenvalue weighted by Crippen LogP contribution is 2.33. The number of likely N-dealkylation sites (tertiary alicyclic amines) is 1. The first kappa shape index (κ1) is 22.6. The van der Waals surface area contributed by atoms with Crippen LogP contribution in [0.25, 0.3) is 0 Å². The maximum absolute atomic E-state index is 13.8. The SMILES string of the molecule is N#Cc1ccccc1N1CCC(N2CCC(CN3C(=O)OC[C@@H]3c3ccc(F)c(F)c3)C2)CC1. The predicted molar refractivity (Wildman–Crippen MR) is 123 cm³/mol. The minimum atomic E-state index is -0.910. The molecule has 6 nitrogen and oxygen atoms in total. The molecule has 2 aromatic carbocycles. The lowest BCUT2D eigenvalue weighted by atomic mass is 10.0. The van der Waals surface area contributed by atoms with Gasteiger partial charge in [0.1, 0.15) is 12.7 Å². The van der Waals surface area contributed by atoms with E-state index in [9.17, 15) is 18.8 Å². The van der Waals surface area contributed by atoms with Crippen molar-refractivity contribution >= 4 is 11.8 Å². The van der Waals surface area contributed by atoms with Crippen LogP contribution in [0.3, 0.4) is 0 Å². The Balaban J connectivity index is 1.17. The Morgan fingerprint density at radius 3 is 2.59 bits per heavy atom. The highest BCUT2D eigenvalue weighted by atomic mass is 19.2. The van der Waals surface area contributed by atoms with E-state index in [4.69, 9.17) is 4.74 Å². The van der Waals surface area contributed by atoms with E-state index in [1.165, 1.54) is 6.07 Å². The van der Waals surface area contributed by atoms with E-state index >= 15 is 0 Å². The molecule has 8 heteroatoms. The van der Waals surface area contributed by atoms with Gasteiger partial charge in [0.2, 0.25) is 0 Å². The van der Waals surface area contributed by atoms with Crippen molar-refractivity contribution in [1.29, 1.82) is 5.26 Å². The maximum atomic E-state index is 13.8. The van der Waals surface area contributed by atoms with Gasteiger partial charge >= 0.3 is 6.09 Å². The number of carbonyl (C=O) groups excluding carboxylic acids is 1. The first-order chi connectivity index (χ1) is 16.5. The Bertz CT molecular complexity index is 1100. The third kappa shape index (κ3) is 4.45. The summed E-state index contributed by atoms with van der Waals surface area (Å²) in [6.07, 6.45) is 2.68. The van der Waals surface area contributed by atoms with Crippen molar-refractivity contribution in [3.63, 3.8) is 0 Å². The second-order valence-electron chi connectivity index (χ2n) is 9.42. The summed E-state index contributed by atoms with van der Waals surface area (Å²) < 4.78 is 32.4. The number of piperidine rings is 1. The zero-order valence-corrected chi connectivity index (χ0v) is 19.0. The van der Waals surface area contributed by atoms with E-state index < -0.39 is 17.7 Å². The van der Waals surface area contributed by atoms with Crippen LogP contribution < -0.4 is 4.90 Å². The molecule has 0 radical (unpaired) electrons. The highest BCUT2D eigenvalue weighted by Gasteiger charge is 2.38. The van der Waals surface area contributed by atoms with Gasteiger partial charge in [0, 0.05) is 32.2 Å². The molecule has 0 N–H and O–H groups in total. The van der Waals surface area contributed by atoms with Crippen LogP contribution in [0.1, 0.15) is 36.4 Å². The fourth-order valence-corrected chi connectivity index (χ4v) is 5.59. The van der Waals surface area contributed by atoms with E-state index in [2.05, 4.69) is 15.9 Å². The predicted octanol–water partition coefficient (Wildman–Crippen LogP) is 4.32. The summed E-state index contributed by atoms with van der Waals surface area (Å²) in [6.45, 7) is 4.44. The number of benzene rings is 2. The smallest absolute Gasteiger partial charge is 0.410 e. The minimum Gasteiger partial charge on any atom is -0.447 e. The number of rotatable bonds is 5. The third-order valence-corrected chi connectivity index (χ3v) is 7.42. The molecular formula is C26H28F2N4O2. The molecule has 3 saturated heterocycles. The Morgan fingerprint density at radius 1 is 1.03 bits per heavy atom. The summed E-state index contributed by atoms with van der Waals surface area (Å²) in [6, 6.07) is 13.9. The summed E-state index contributed by atoms with van der Waals surface area (Å²) >= 11 is 0. The van der Waals surface area contributed by atoms with Crippen LogP contribution in [0.2, 0.25) is 0 Å². The minimum absolute atomic E-state index is 0.156. The van der Waals surface area contributed by atoms with Gasteiger partial charge in [-0.3, -0.25) is 9.80 Å². The molecule has 3 heterocycles. The summed E-state index contributed by atoms with van der Waals surface area (Å²) in [5.74, 6) is -1.49. The molecule has 3 aliphatic rings. The van der Waals surface area contributed by atoms with Gasteiger partial charge in [-0.1, -0.05) is 18.2 Å². The first-order valence-electron chi connectivity index (χ1n) is 11.9. The van der Waals surface area contributed by atoms with Crippen molar-refractivity contribution in [3.8, 4) is 6.07 Å². The number of cyclic esters (lactones) is 1. The van der Waals surface area contributed by atoms with Gasteiger partial charge in [0.05, 0.1) is 17.3 Å². The maximum Gasteiger partial charge on any atom is 0.410 e. The molecule has 3 fully saturated rings. The van der Waals surface area contributed by atoms with Crippen LogP contribution in [0.5, 0.6) is 0 Å². The quantitative estimate of drug-likeness (QED) is 0.657. The van der Waals surface area contributed by atoms with Gasteiger partial charge in [-0.05, 0) is 61.6 Å². The van der Waals surface area contributed by atoms with E-state index in [0.29, 0.717) is 24.1 Å². The van der Waals surface area contributed by atoms with Crippen molar-refractivity contribution in [2.24, 2.45) is 5.92 Å². The lowest BCUT2D eigenvalue weighted by Crippen LogP contribution is -2.44. The van der Waals surface area contributed by atoms with Gasteiger partial charge in [-0.25, -0.2) is 13.6 Å². The van der Waals surface area contributed by atoms with Crippen LogP contribution in [0.15, 0.2) is 42.5 Å². The third-order valence-electron chi connectivity index (χ3n) is 7.42. The van der Waals surface area contributed by atoms with E-state index in [0.717, 1.165) is 68.8 Å². The number of carbonyl (C=O) groups is 1. The standard InChI is InChI=1S/C26H28F2N4O2/c27-22-6-5-19(13-23(22)28)25-17-34-26(33)32(25)16-18-7-10-31(15-18)21-8-11-30(12-9-21)24-4-2-1-3-20(24)14-29/h1-6,13,18,21,25H,7-12,15-17H2/t18?,25-/m1/s1. The summed E-state index contributed by atoms with van der Waals surface area (Å²) in [5, 5.41) is 9.40. The monoisotopic (exact) mass is 466 g/mol. The Kier molecular flexibility index (Phi) is 6.38. The molecule has 5 rings (SSSR count). The Labute approximate surface area is 198 Å². The number of amides is 1. The summed E-state index contributed by atoms with van der Waals surface area (Å²) in [4.78, 5) is 18.9. The molecule has 0 bridgehead atoms. The molecule has 34 heavy (non-hydrogen) atoms. The largest absolute Gasteiger partial charge is 0.447 e. The van der Waals surface area contributed by atoms with E-state index in [-0.39, 0.29) is 12.6 Å². The lowest BCUT2D eigenvalue weighted by Gasteiger charge is -2.38. The molecule has 2 aromatic rings. The fourth-order valence-electron chi connectivity index (χ4n) is 5.59. The Morgan fingerprint density at radius 2 is 1.82 bits per heavy atom. The molecule has 3 aliphatic heterocycles. The van der Waals surface area contributed by atoms with Crippen molar-refractivity contribution in [2.75, 3.05) is 44.2 Å². The average molecular weight is 467 g/mol. The number of para-hydroxylation sites is 1. The van der Waals surface area contributed by atoms with E-state index in [1.807, 2.05) is 24.3 Å². The lowest BCUT2D eigenvalue weighted by molar-refractivity contribution is 0.150. The number of ether oxygens (including phenoxy) is 1. The number of hydrogen-bond acceptors (Lipinski definition) is 5. The number of nitriles is 1. The van der Waals surface area contributed by atoms with Gasteiger partial charge in [-0.15, -0.1) is 0 Å². The second-order valence-corrected chi connectivity index (χ2v) is 9.42. The molecule has 2 atom stereocenters. The van der Waals surface area contributed by atoms with E-state index in [1.54, 1.807) is 4.90 Å². The summed E-state index contributed by atoms with van der Waals surface area (Å²) in [5.41, 5.74) is 2.29. The highest BCUT2D eigenvalue weighted by molar-refractivity contribution is 5.70. The Hall–Kier alpha value is -3.18. The number of anilines is 1. The van der Waals surface area contributed by atoms with Crippen molar-refractivity contribution < 1.29 is 18.3 Å². The average Bonchev–Trinajstić information content (AvgIpc) is 3.48. The molecule has 1 amide bonds. The number of nitrogens with zero attached hydrogens (tertiary/aromatic N) is 4. The van der Waals surface area contributed by atoms with Crippen molar-refractivity contribution in [2.45, 2.75) is 31.3 Å². The summed E-state index contributed by atoms with van der Waals surface area (Å²) in [7, 11) is 0. The second kappa shape index (κ2) is 9.59. The molecular weight excluding hydrogens is 438 g/mol. The fraction of sp³-hybridized carbons (Fsp3) is 0.462. The molecule has 178 valence electrons. The van der Waals surface area contributed by atoms with Gasteiger partial charge in [0.25, 0.3) is 0 Å². The van der Waals surface area contributed by atoms with Crippen molar-refractivity contribution in [1.82, 2.24) is 9.80 Å². The van der Waals surface area contributed by atoms with Crippen LogP contribution in [0.4, 0.5) is 19.3 Å². The molecule has 0 saturated carbocycles. The number of halogens is 2. The normalized spacial score (nSPS) is 23.9. The molecule has 0 spiro atoms. The van der Waals surface area contributed by atoms with Crippen LogP contribution in [0, 0.1) is 28.9 Å². The van der Waals surface area contributed by atoms with Crippen LogP contribution in [-0.4, -0.2) is 61.3 Å². The van der Waals surface area contributed by atoms with Gasteiger partial charge < -0.3 is 9.64 Å². The van der Waals surface area contributed by atoms with Gasteiger partial charge in [-0.2, -0.15) is 5.26 Å². The molecule has 0 aliphatic carbocycles. The zero-order chi connectivity index (χ0) is 23.7. The molecule has 1 unspecified atom stereocenters. The van der Waals surface area contributed by atoms with Crippen molar-refractivity contribution in [3.05, 3.63) is 65.2 Å². The molecule has 0 aromatic heterocycles. The van der Waals surface area contributed by atoms with Gasteiger partial charge in [0.15, 0.2) is 11.6 Å². The van der Waals surface area contributed by atoms with Crippen LogP contribution in [-0.2, 0) is 4.74 Å². The topological polar surface area (TPSA) is 59.8 Å². The van der Waals surface area contributed by atoms with Crippen LogP contribution >= 0.6 is 0 Å². The zero-order valence-electron chi connectivity index (χ0n) is 19.0.